The molecule has 1 unspecified atom stereocenters. The first kappa shape index (κ1) is 12.3. The molecular formula is C12H22N2O. The first-order valence-corrected chi connectivity index (χ1v) is 5.66. The summed E-state index contributed by atoms with van der Waals surface area (Å²) in [5.74, 6) is 0. The van der Waals surface area contributed by atoms with E-state index in [4.69, 9.17) is 4.74 Å². The Morgan fingerprint density at radius 1 is 1.53 bits per heavy atom. The van der Waals surface area contributed by atoms with Gasteiger partial charge in [0.15, 0.2) is 0 Å². The van der Waals surface area contributed by atoms with Gasteiger partial charge in [-0.15, -0.1) is 0 Å². The van der Waals surface area contributed by atoms with Crippen LogP contribution in [0.4, 0.5) is 0 Å². The fourth-order valence-electron chi connectivity index (χ4n) is 1.57. The molecule has 0 fully saturated rings. The second-order valence-electron chi connectivity index (χ2n) is 3.80. The number of nitrogens with zero attached hydrogens (tertiary/aromatic N) is 1. The Kier molecular flexibility index (Phi) is 5.43. The first-order valence-electron chi connectivity index (χ1n) is 5.66. The molecule has 3 nitrogen and oxygen atoms in total. The summed E-state index contributed by atoms with van der Waals surface area (Å²) < 4.78 is 7.20. The van der Waals surface area contributed by atoms with Gasteiger partial charge in [-0.1, -0.05) is 0 Å². The summed E-state index contributed by atoms with van der Waals surface area (Å²) in [6.45, 7) is 7.22. The molecule has 1 aromatic rings. The number of aryl methyl sites for hydroxylation is 1. The third-order valence-electron chi connectivity index (χ3n) is 2.61. The minimum absolute atomic E-state index is 0.426. The van der Waals surface area contributed by atoms with Crippen molar-refractivity contribution in [3.63, 3.8) is 0 Å². The predicted octanol–water partition coefficient (Wildman–Crippen LogP) is 2.20. The van der Waals surface area contributed by atoms with Crippen LogP contribution in [0.25, 0.3) is 0 Å². The zero-order valence-electron chi connectivity index (χ0n) is 9.99. The Hall–Kier alpha value is -0.800. The summed E-state index contributed by atoms with van der Waals surface area (Å²) in [5.41, 5.74) is 1.36. The molecule has 15 heavy (non-hydrogen) atoms. The molecule has 0 aliphatic carbocycles. The van der Waals surface area contributed by atoms with E-state index in [1.54, 1.807) is 7.11 Å². The molecule has 0 aliphatic rings. The van der Waals surface area contributed by atoms with Crippen molar-refractivity contribution in [2.45, 2.75) is 32.9 Å². The molecule has 0 spiro atoms. The Morgan fingerprint density at radius 3 is 2.93 bits per heavy atom. The topological polar surface area (TPSA) is 26.2 Å². The summed E-state index contributed by atoms with van der Waals surface area (Å²) in [6, 6.07) is 2.60. The van der Waals surface area contributed by atoms with E-state index in [0.717, 1.165) is 26.1 Å². The molecular weight excluding hydrogens is 188 g/mol. The molecule has 1 rings (SSSR count). The molecule has 1 heterocycles. The van der Waals surface area contributed by atoms with Gasteiger partial charge >= 0.3 is 0 Å². The normalized spacial score (nSPS) is 13.0. The first-order chi connectivity index (χ1) is 7.27. The average Bonchev–Trinajstić information content (AvgIpc) is 2.72. The second-order valence-corrected chi connectivity index (χ2v) is 3.80. The molecule has 0 radical (unpaired) electrons. The average molecular weight is 210 g/mol. The Bertz CT molecular complexity index is 270. The van der Waals surface area contributed by atoms with Gasteiger partial charge in [-0.2, -0.15) is 0 Å². The van der Waals surface area contributed by atoms with Crippen molar-refractivity contribution in [1.29, 1.82) is 0 Å². The van der Waals surface area contributed by atoms with Gasteiger partial charge in [-0.25, -0.2) is 0 Å². The number of rotatable bonds is 7. The van der Waals surface area contributed by atoms with Crippen molar-refractivity contribution >= 4 is 0 Å². The molecule has 0 aromatic carbocycles. The van der Waals surface area contributed by atoms with Crippen LogP contribution in [-0.4, -0.2) is 24.8 Å². The lowest BCUT2D eigenvalue weighted by molar-refractivity contribution is 0.193. The van der Waals surface area contributed by atoms with E-state index in [1.807, 2.05) is 0 Å². The van der Waals surface area contributed by atoms with Crippen LogP contribution in [0.2, 0.25) is 0 Å². The van der Waals surface area contributed by atoms with E-state index in [1.165, 1.54) is 5.56 Å². The molecule has 1 N–H and O–H groups in total. The maximum atomic E-state index is 5.01. The molecule has 0 bridgehead atoms. The molecule has 0 aliphatic heterocycles. The molecule has 0 saturated carbocycles. The number of ether oxygens (including phenoxy) is 1. The minimum Gasteiger partial charge on any atom is -0.385 e. The van der Waals surface area contributed by atoms with Crippen molar-refractivity contribution in [1.82, 2.24) is 9.88 Å². The van der Waals surface area contributed by atoms with Crippen LogP contribution in [0.3, 0.4) is 0 Å². The third-order valence-corrected chi connectivity index (χ3v) is 2.61. The fraction of sp³-hybridized carbons (Fsp3) is 0.667. The summed E-state index contributed by atoms with van der Waals surface area (Å²) in [5, 5.41) is 3.48. The van der Waals surface area contributed by atoms with Crippen LogP contribution in [-0.2, 0) is 11.3 Å². The van der Waals surface area contributed by atoms with Crippen LogP contribution in [0.1, 0.15) is 31.9 Å². The molecule has 1 aromatic heterocycles. The van der Waals surface area contributed by atoms with Crippen LogP contribution >= 0.6 is 0 Å². The lowest BCUT2D eigenvalue weighted by Crippen LogP contribution is -2.20. The Labute approximate surface area is 92.4 Å². The fourth-order valence-corrected chi connectivity index (χ4v) is 1.57. The number of aromatic nitrogens is 1. The lowest BCUT2D eigenvalue weighted by Gasteiger charge is -2.11. The van der Waals surface area contributed by atoms with Crippen molar-refractivity contribution in [2.75, 3.05) is 20.3 Å². The SMILES string of the molecule is CCn1ccc(C(C)NCCCOC)c1. The van der Waals surface area contributed by atoms with Crippen molar-refractivity contribution in [3.05, 3.63) is 24.0 Å². The highest BCUT2D eigenvalue weighted by Crippen LogP contribution is 2.12. The van der Waals surface area contributed by atoms with Crippen molar-refractivity contribution in [2.24, 2.45) is 0 Å². The lowest BCUT2D eigenvalue weighted by atomic mass is 10.2. The zero-order valence-corrected chi connectivity index (χ0v) is 9.99. The second kappa shape index (κ2) is 6.64. The molecule has 3 heteroatoms. The van der Waals surface area contributed by atoms with E-state index in [0.29, 0.717) is 6.04 Å². The quantitative estimate of drug-likeness (QED) is 0.698. The van der Waals surface area contributed by atoms with E-state index >= 15 is 0 Å². The van der Waals surface area contributed by atoms with Crippen LogP contribution in [0, 0.1) is 0 Å². The molecule has 0 amide bonds. The molecule has 1 atom stereocenters. The van der Waals surface area contributed by atoms with E-state index in [9.17, 15) is 0 Å². The Balaban J connectivity index is 2.29. The van der Waals surface area contributed by atoms with Gasteiger partial charge in [0.25, 0.3) is 0 Å². The van der Waals surface area contributed by atoms with Gasteiger partial charge in [0, 0.05) is 38.7 Å². The van der Waals surface area contributed by atoms with Crippen LogP contribution in [0.5, 0.6) is 0 Å². The predicted molar refractivity (Wildman–Crippen MR) is 63.0 cm³/mol. The van der Waals surface area contributed by atoms with Gasteiger partial charge in [0.05, 0.1) is 0 Å². The maximum absolute atomic E-state index is 5.01. The summed E-state index contributed by atoms with van der Waals surface area (Å²) in [4.78, 5) is 0. The number of hydrogen-bond acceptors (Lipinski definition) is 2. The van der Waals surface area contributed by atoms with E-state index in [-0.39, 0.29) is 0 Å². The number of methoxy groups -OCH3 is 1. The standard InChI is InChI=1S/C12H22N2O/c1-4-14-8-6-12(10-14)11(2)13-7-5-9-15-3/h6,8,10-11,13H,4-5,7,9H2,1-3H3. The van der Waals surface area contributed by atoms with Gasteiger partial charge in [-0.3, -0.25) is 0 Å². The van der Waals surface area contributed by atoms with Crippen molar-refractivity contribution in [3.8, 4) is 0 Å². The van der Waals surface area contributed by atoms with Gasteiger partial charge in [0.2, 0.25) is 0 Å². The summed E-state index contributed by atoms with van der Waals surface area (Å²) in [6.07, 6.45) is 5.39. The van der Waals surface area contributed by atoms with Crippen LogP contribution < -0.4 is 5.32 Å². The largest absolute Gasteiger partial charge is 0.385 e. The minimum atomic E-state index is 0.426. The van der Waals surface area contributed by atoms with Crippen molar-refractivity contribution < 1.29 is 4.74 Å². The van der Waals surface area contributed by atoms with E-state index in [2.05, 4.69) is 42.2 Å². The Morgan fingerprint density at radius 2 is 2.33 bits per heavy atom. The third kappa shape index (κ3) is 4.06. The molecule has 86 valence electrons. The van der Waals surface area contributed by atoms with E-state index < -0.39 is 0 Å². The zero-order chi connectivity index (χ0) is 11.1. The highest BCUT2D eigenvalue weighted by Gasteiger charge is 2.05. The van der Waals surface area contributed by atoms with Gasteiger partial charge < -0.3 is 14.6 Å². The molecule has 0 saturated heterocycles. The summed E-state index contributed by atoms with van der Waals surface area (Å²) in [7, 11) is 1.74. The maximum Gasteiger partial charge on any atom is 0.0474 e. The summed E-state index contributed by atoms with van der Waals surface area (Å²) >= 11 is 0. The van der Waals surface area contributed by atoms with Gasteiger partial charge in [0.1, 0.15) is 0 Å². The van der Waals surface area contributed by atoms with Gasteiger partial charge in [-0.05, 0) is 38.4 Å². The van der Waals surface area contributed by atoms with Crippen LogP contribution in [0.15, 0.2) is 18.5 Å². The highest BCUT2D eigenvalue weighted by molar-refractivity contribution is 5.14. The number of hydrogen-bond donors (Lipinski definition) is 1. The number of nitrogens with one attached hydrogen (secondary N) is 1. The highest BCUT2D eigenvalue weighted by atomic mass is 16.5. The smallest absolute Gasteiger partial charge is 0.0474 e. The monoisotopic (exact) mass is 210 g/mol.